The number of carbonyl (C=O) groups excluding carboxylic acids is 2. The Labute approximate surface area is 204 Å². The van der Waals surface area contributed by atoms with E-state index in [1.165, 1.54) is 12.4 Å². The third kappa shape index (κ3) is 4.20. The number of carbonyl (C=O) groups is 2. The molecule has 35 heavy (non-hydrogen) atoms. The molecule has 1 aliphatic heterocycles. The Hall–Kier alpha value is -3.94. The minimum Gasteiger partial charge on any atom is -0.383 e. The smallest absolute Gasteiger partial charge is 0.247 e. The van der Waals surface area contributed by atoms with Crippen molar-refractivity contribution in [2.45, 2.75) is 32.1 Å². The van der Waals surface area contributed by atoms with E-state index in [0.29, 0.717) is 17.9 Å². The quantitative estimate of drug-likeness (QED) is 0.545. The molecule has 2 amide bonds. The van der Waals surface area contributed by atoms with E-state index in [0.717, 1.165) is 72.2 Å². The molecule has 8 heteroatoms. The first-order valence-electron chi connectivity index (χ1n) is 12.1. The SMILES string of the molecule is C=CC(=O)Nc1cccc(-c2c(C3=CC[C@@H](C(=O)N4CCCC4)CC3)c3c(N)ncnc3n2C)c1. The predicted octanol–water partition coefficient (Wildman–Crippen LogP) is 4.15. The molecule has 0 bridgehead atoms. The van der Waals surface area contributed by atoms with Crippen LogP contribution in [0.25, 0.3) is 27.9 Å². The molecule has 8 nitrogen and oxygen atoms in total. The minimum atomic E-state index is -0.266. The lowest BCUT2D eigenvalue weighted by atomic mass is 9.84. The third-order valence-corrected chi connectivity index (χ3v) is 7.08. The minimum absolute atomic E-state index is 0.0290. The van der Waals surface area contributed by atoms with E-state index in [-0.39, 0.29) is 17.7 Å². The van der Waals surface area contributed by atoms with Gasteiger partial charge in [-0.25, -0.2) is 9.97 Å². The van der Waals surface area contributed by atoms with Crippen molar-refractivity contribution in [3.05, 3.63) is 54.9 Å². The highest BCUT2D eigenvalue weighted by molar-refractivity contribution is 6.05. The molecule has 1 atom stereocenters. The Bertz CT molecular complexity index is 1350. The molecule has 180 valence electrons. The summed E-state index contributed by atoms with van der Waals surface area (Å²) in [7, 11) is 1.96. The van der Waals surface area contributed by atoms with Crippen LogP contribution in [0.4, 0.5) is 11.5 Å². The zero-order chi connectivity index (χ0) is 24.5. The van der Waals surface area contributed by atoms with Gasteiger partial charge in [-0.05, 0) is 55.9 Å². The molecule has 0 saturated carbocycles. The van der Waals surface area contributed by atoms with Crippen molar-refractivity contribution in [1.29, 1.82) is 0 Å². The van der Waals surface area contributed by atoms with Gasteiger partial charge < -0.3 is 20.5 Å². The number of nitrogen functional groups attached to an aromatic ring is 1. The fourth-order valence-corrected chi connectivity index (χ4v) is 5.34. The van der Waals surface area contributed by atoms with Gasteiger partial charge in [-0.15, -0.1) is 0 Å². The highest BCUT2D eigenvalue weighted by Gasteiger charge is 2.30. The number of hydrogen-bond acceptors (Lipinski definition) is 5. The molecule has 1 fully saturated rings. The number of benzene rings is 1. The lowest BCUT2D eigenvalue weighted by Gasteiger charge is -2.26. The first-order valence-corrected chi connectivity index (χ1v) is 12.1. The van der Waals surface area contributed by atoms with Crippen LogP contribution in [-0.2, 0) is 16.6 Å². The zero-order valence-electron chi connectivity index (χ0n) is 20.0. The van der Waals surface area contributed by atoms with Crippen LogP contribution in [0.5, 0.6) is 0 Å². The van der Waals surface area contributed by atoms with Crippen molar-refractivity contribution in [3.63, 3.8) is 0 Å². The van der Waals surface area contributed by atoms with E-state index >= 15 is 0 Å². The van der Waals surface area contributed by atoms with Gasteiger partial charge in [-0.2, -0.15) is 0 Å². The lowest BCUT2D eigenvalue weighted by Crippen LogP contribution is -2.34. The standard InChI is InChI=1S/C27H30N6O2/c1-3-21(34)31-20-8-6-7-19(15-20)24-22(23-25(28)29-16-30-26(23)32(24)2)17-9-11-18(12-10-17)27(35)33-13-4-5-14-33/h3,6-9,15-16,18H,1,4-5,10-14H2,2H3,(H,31,34)(H2,28,29,30)/t18-/m1/s1. The molecular formula is C27H30N6O2. The number of allylic oxidation sites excluding steroid dienone is 2. The average Bonchev–Trinajstić information content (AvgIpc) is 3.51. The van der Waals surface area contributed by atoms with Gasteiger partial charge in [0.1, 0.15) is 17.8 Å². The van der Waals surface area contributed by atoms with Gasteiger partial charge in [0.05, 0.1) is 11.1 Å². The summed E-state index contributed by atoms with van der Waals surface area (Å²) in [6, 6.07) is 7.69. The number of nitrogens with one attached hydrogen (secondary N) is 1. The Kier molecular flexibility index (Phi) is 6.11. The van der Waals surface area contributed by atoms with Gasteiger partial charge in [-0.1, -0.05) is 24.8 Å². The first-order chi connectivity index (χ1) is 17.0. The van der Waals surface area contributed by atoms with E-state index in [1.54, 1.807) is 0 Å². The maximum absolute atomic E-state index is 13.0. The molecule has 5 rings (SSSR count). The number of anilines is 2. The first kappa shape index (κ1) is 22.8. The molecule has 3 heterocycles. The molecule has 0 unspecified atom stereocenters. The van der Waals surface area contributed by atoms with Gasteiger partial charge in [0.25, 0.3) is 0 Å². The van der Waals surface area contributed by atoms with Gasteiger partial charge in [-0.3, -0.25) is 9.59 Å². The van der Waals surface area contributed by atoms with Crippen LogP contribution < -0.4 is 11.1 Å². The van der Waals surface area contributed by atoms with Crippen molar-refractivity contribution < 1.29 is 9.59 Å². The summed E-state index contributed by atoms with van der Waals surface area (Å²) in [5.74, 6) is 0.475. The number of hydrogen-bond donors (Lipinski definition) is 2. The highest BCUT2D eigenvalue weighted by atomic mass is 16.2. The third-order valence-electron chi connectivity index (χ3n) is 7.08. The van der Waals surface area contributed by atoms with Crippen LogP contribution in [0.1, 0.15) is 37.7 Å². The number of amides is 2. The molecule has 3 N–H and O–H groups in total. The molecule has 3 aromatic rings. The summed E-state index contributed by atoms with van der Waals surface area (Å²) in [5.41, 5.74) is 11.8. The highest BCUT2D eigenvalue weighted by Crippen LogP contribution is 2.43. The van der Waals surface area contributed by atoms with Crippen molar-refractivity contribution in [3.8, 4) is 11.3 Å². The number of fused-ring (bicyclic) bond motifs is 1. The molecule has 2 aromatic heterocycles. The fourth-order valence-electron chi connectivity index (χ4n) is 5.34. The van der Waals surface area contributed by atoms with Crippen LogP contribution in [0, 0.1) is 5.92 Å². The Balaban J connectivity index is 1.58. The van der Waals surface area contributed by atoms with Crippen LogP contribution >= 0.6 is 0 Å². The molecular weight excluding hydrogens is 440 g/mol. The number of nitrogens with zero attached hydrogens (tertiary/aromatic N) is 4. The van der Waals surface area contributed by atoms with Crippen LogP contribution in [-0.4, -0.2) is 44.3 Å². The molecule has 0 radical (unpaired) electrons. The fraction of sp³-hybridized carbons (Fsp3) is 0.333. The average molecular weight is 471 g/mol. The van der Waals surface area contributed by atoms with E-state index in [1.807, 2.05) is 40.8 Å². The van der Waals surface area contributed by atoms with Crippen molar-refractivity contribution in [2.75, 3.05) is 24.1 Å². The van der Waals surface area contributed by atoms with Gasteiger partial charge >= 0.3 is 0 Å². The Morgan fingerprint density at radius 2 is 2.03 bits per heavy atom. The molecule has 2 aliphatic rings. The second kappa shape index (κ2) is 9.37. The van der Waals surface area contributed by atoms with Crippen LogP contribution in [0.15, 0.2) is 49.3 Å². The topological polar surface area (TPSA) is 106 Å². The van der Waals surface area contributed by atoms with E-state index in [9.17, 15) is 9.59 Å². The van der Waals surface area contributed by atoms with Crippen molar-refractivity contribution >= 4 is 39.9 Å². The Morgan fingerprint density at radius 3 is 2.74 bits per heavy atom. The second-order valence-corrected chi connectivity index (χ2v) is 9.25. The maximum atomic E-state index is 13.0. The summed E-state index contributed by atoms with van der Waals surface area (Å²) in [6.07, 6.45) is 9.41. The Morgan fingerprint density at radius 1 is 1.23 bits per heavy atom. The van der Waals surface area contributed by atoms with Crippen LogP contribution in [0.2, 0.25) is 0 Å². The molecule has 1 aromatic carbocycles. The summed E-state index contributed by atoms with van der Waals surface area (Å²) in [6.45, 7) is 5.29. The summed E-state index contributed by atoms with van der Waals surface area (Å²) >= 11 is 0. The number of aromatic nitrogens is 3. The normalized spacial score (nSPS) is 17.9. The molecule has 1 aliphatic carbocycles. The van der Waals surface area contributed by atoms with Gasteiger partial charge in [0, 0.05) is 42.9 Å². The summed E-state index contributed by atoms with van der Waals surface area (Å²) < 4.78 is 2.03. The van der Waals surface area contributed by atoms with Crippen molar-refractivity contribution in [2.24, 2.45) is 13.0 Å². The second-order valence-electron chi connectivity index (χ2n) is 9.25. The van der Waals surface area contributed by atoms with E-state index in [4.69, 9.17) is 5.73 Å². The van der Waals surface area contributed by atoms with E-state index < -0.39 is 0 Å². The van der Waals surface area contributed by atoms with E-state index in [2.05, 4.69) is 27.9 Å². The number of nitrogens with two attached hydrogens (primary N) is 1. The zero-order valence-corrected chi connectivity index (χ0v) is 20.0. The van der Waals surface area contributed by atoms with Crippen molar-refractivity contribution in [1.82, 2.24) is 19.4 Å². The maximum Gasteiger partial charge on any atom is 0.247 e. The predicted molar refractivity (Wildman–Crippen MR) is 138 cm³/mol. The summed E-state index contributed by atoms with van der Waals surface area (Å²) in [5, 5.41) is 3.66. The lowest BCUT2D eigenvalue weighted by molar-refractivity contribution is -0.134. The van der Waals surface area contributed by atoms with Gasteiger partial charge in [0.15, 0.2) is 0 Å². The number of rotatable bonds is 5. The van der Waals surface area contributed by atoms with Gasteiger partial charge in [0.2, 0.25) is 11.8 Å². The molecule has 1 saturated heterocycles. The monoisotopic (exact) mass is 470 g/mol. The van der Waals surface area contributed by atoms with Crippen LogP contribution in [0.3, 0.4) is 0 Å². The number of aryl methyl sites for hydroxylation is 1. The largest absolute Gasteiger partial charge is 0.383 e. The molecule has 0 spiro atoms. The summed E-state index contributed by atoms with van der Waals surface area (Å²) in [4.78, 5) is 35.6. The number of likely N-dealkylation sites (tertiary alicyclic amines) is 1.